The largest absolute Gasteiger partial charge is 0.435 e. The van der Waals surface area contributed by atoms with E-state index in [1.807, 2.05) is 0 Å². The molecule has 1 heterocycles. The van der Waals surface area contributed by atoms with E-state index in [2.05, 4.69) is 5.10 Å². The van der Waals surface area contributed by atoms with Crippen molar-refractivity contribution in [2.24, 2.45) is 5.14 Å². The molecule has 1 aliphatic rings. The zero-order valence-electron chi connectivity index (χ0n) is 15.0. The number of alkyl halides is 3. The summed E-state index contributed by atoms with van der Waals surface area (Å²) >= 11 is 0. The third kappa shape index (κ3) is 4.35. The number of nitrogens with zero attached hydrogens (tertiary/aromatic N) is 2. The summed E-state index contributed by atoms with van der Waals surface area (Å²) in [6.07, 6.45) is -1.00. The minimum absolute atomic E-state index is 0.305. The lowest BCUT2D eigenvalue weighted by Gasteiger charge is -2.15. The molecule has 0 saturated carbocycles. The number of aromatic nitrogens is 2. The highest BCUT2D eigenvalue weighted by Crippen LogP contribution is 2.36. The summed E-state index contributed by atoms with van der Waals surface area (Å²) < 4.78 is 63.9. The molecule has 1 aromatic carbocycles. The maximum atomic E-state index is 13.3. The van der Waals surface area contributed by atoms with Gasteiger partial charge in [0, 0.05) is 11.3 Å². The summed E-state index contributed by atoms with van der Waals surface area (Å²) in [7, 11) is -3.57. The molecule has 0 bridgehead atoms. The van der Waals surface area contributed by atoms with E-state index in [4.69, 9.17) is 5.14 Å². The van der Waals surface area contributed by atoms with Gasteiger partial charge >= 0.3 is 6.18 Å². The zero-order valence-corrected chi connectivity index (χ0v) is 15.8. The van der Waals surface area contributed by atoms with Crippen LogP contribution in [0.2, 0.25) is 0 Å². The zero-order chi connectivity index (χ0) is 19.8. The fourth-order valence-corrected chi connectivity index (χ4v) is 3.82. The van der Waals surface area contributed by atoms with Crippen molar-refractivity contribution in [1.82, 2.24) is 9.78 Å². The lowest BCUT2D eigenvalue weighted by Crippen LogP contribution is -2.26. The van der Waals surface area contributed by atoms with Crippen molar-refractivity contribution in [1.29, 1.82) is 0 Å². The lowest BCUT2D eigenvalue weighted by atomic mass is 9.95. The molecule has 0 spiro atoms. The van der Waals surface area contributed by atoms with Crippen LogP contribution in [0, 0.1) is 0 Å². The first-order valence-corrected chi connectivity index (χ1v) is 10.5. The number of rotatable bonds is 5. The monoisotopic (exact) mass is 401 g/mol. The number of halogens is 3. The van der Waals surface area contributed by atoms with Crippen molar-refractivity contribution in [3.8, 4) is 5.69 Å². The fraction of sp³-hybridized carbons (Fsp3) is 0.500. The first-order valence-electron chi connectivity index (χ1n) is 8.86. The summed E-state index contributed by atoms with van der Waals surface area (Å²) in [6.45, 7) is 1.55. The average Bonchev–Trinajstić information content (AvgIpc) is 2.99. The van der Waals surface area contributed by atoms with Crippen molar-refractivity contribution in [3.63, 3.8) is 0 Å². The summed E-state index contributed by atoms with van der Waals surface area (Å²) in [5.41, 5.74) is 1.62. The van der Waals surface area contributed by atoms with E-state index in [9.17, 15) is 21.6 Å². The quantitative estimate of drug-likeness (QED) is 0.834. The van der Waals surface area contributed by atoms with Crippen LogP contribution in [0.3, 0.4) is 0 Å². The molecule has 148 valence electrons. The van der Waals surface area contributed by atoms with Crippen LogP contribution in [0.5, 0.6) is 0 Å². The molecule has 1 aliphatic carbocycles. The van der Waals surface area contributed by atoms with Gasteiger partial charge in [-0.15, -0.1) is 0 Å². The van der Waals surface area contributed by atoms with Crippen LogP contribution in [0.25, 0.3) is 5.69 Å². The normalized spacial score (nSPS) is 16.2. The number of hydrogen-bond donors (Lipinski definition) is 1. The topological polar surface area (TPSA) is 78.0 Å². The molecule has 1 unspecified atom stereocenters. The highest BCUT2D eigenvalue weighted by atomic mass is 32.2. The Bertz CT molecular complexity index is 919. The van der Waals surface area contributed by atoms with Crippen LogP contribution in [-0.2, 0) is 35.5 Å². The van der Waals surface area contributed by atoms with Gasteiger partial charge in [0.25, 0.3) is 0 Å². The van der Waals surface area contributed by atoms with Gasteiger partial charge in [-0.05, 0) is 63.1 Å². The van der Waals surface area contributed by atoms with Crippen molar-refractivity contribution < 1.29 is 21.6 Å². The van der Waals surface area contributed by atoms with Gasteiger partial charge < -0.3 is 0 Å². The molecule has 0 aliphatic heterocycles. The molecule has 0 saturated heterocycles. The van der Waals surface area contributed by atoms with Gasteiger partial charge in [-0.2, -0.15) is 18.3 Å². The van der Waals surface area contributed by atoms with Crippen molar-refractivity contribution in [2.45, 2.75) is 56.9 Å². The number of aryl methyl sites for hydroxylation is 1. The predicted octanol–water partition coefficient (Wildman–Crippen LogP) is 3.38. The van der Waals surface area contributed by atoms with Crippen LogP contribution in [-0.4, -0.2) is 23.4 Å². The Morgan fingerprint density at radius 3 is 2.41 bits per heavy atom. The van der Waals surface area contributed by atoms with Gasteiger partial charge in [0.2, 0.25) is 10.0 Å². The van der Waals surface area contributed by atoms with Crippen molar-refractivity contribution in [3.05, 3.63) is 46.8 Å². The van der Waals surface area contributed by atoms with E-state index in [1.165, 1.54) is 4.68 Å². The SMILES string of the molecule is CC(CCc1ccc(-n2nc(C(F)(F)F)c3c2CCCC3)cc1)S(N)(=O)=O. The third-order valence-corrected chi connectivity index (χ3v) is 6.39. The molecular weight excluding hydrogens is 379 g/mol. The number of nitrogens with two attached hydrogens (primary N) is 1. The van der Waals surface area contributed by atoms with Gasteiger partial charge in [0.15, 0.2) is 5.69 Å². The maximum Gasteiger partial charge on any atom is 0.435 e. The fourth-order valence-electron chi connectivity index (χ4n) is 3.38. The minimum Gasteiger partial charge on any atom is -0.237 e. The van der Waals surface area contributed by atoms with Crippen LogP contribution in [0.15, 0.2) is 24.3 Å². The standard InChI is InChI=1S/C18H22F3N3O2S/c1-12(27(22,25)26)6-7-13-8-10-14(11-9-13)24-16-5-3-2-4-15(16)17(23-24)18(19,20)21/h8-12H,2-7H2,1H3,(H2,22,25,26). The molecule has 3 rings (SSSR count). The second-order valence-corrected chi connectivity index (χ2v) is 8.98. The van der Waals surface area contributed by atoms with E-state index < -0.39 is 27.1 Å². The summed E-state index contributed by atoms with van der Waals surface area (Å²) in [6, 6.07) is 7.02. The van der Waals surface area contributed by atoms with E-state index >= 15 is 0 Å². The molecule has 1 aromatic heterocycles. The maximum absolute atomic E-state index is 13.3. The molecule has 2 aromatic rings. The Morgan fingerprint density at radius 1 is 1.19 bits per heavy atom. The predicted molar refractivity (Wildman–Crippen MR) is 96.1 cm³/mol. The summed E-state index contributed by atoms with van der Waals surface area (Å²) in [5.74, 6) is 0. The van der Waals surface area contributed by atoms with Gasteiger partial charge in [-0.25, -0.2) is 18.2 Å². The molecule has 0 fully saturated rings. The lowest BCUT2D eigenvalue weighted by molar-refractivity contribution is -0.142. The van der Waals surface area contributed by atoms with Gasteiger partial charge in [0.05, 0.1) is 10.9 Å². The van der Waals surface area contributed by atoms with Gasteiger partial charge in [-0.3, -0.25) is 0 Å². The van der Waals surface area contributed by atoms with Crippen LogP contribution >= 0.6 is 0 Å². The first kappa shape index (κ1) is 19.9. The minimum atomic E-state index is -4.46. The molecule has 27 heavy (non-hydrogen) atoms. The summed E-state index contributed by atoms with van der Waals surface area (Å²) in [5, 5.41) is 8.33. The molecule has 2 N–H and O–H groups in total. The number of fused-ring (bicyclic) bond motifs is 1. The van der Waals surface area contributed by atoms with E-state index in [1.54, 1.807) is 31.2 Å². The average molecular weight is 401 g/mol. The van der Waals surface area contributed by atoms with Crippen LogP contribution < -0.4 is 5.14 Å². The Balaban J connectivity index is 1.84. The van der Waals surface area contributed by atoms with Gasteiger partial charge in [0.1, 0.15) is 0 Å². The van der Waals surface area contributed by atoms with Crippen LogP contribution in [0.1, 0.15) is 48.7 Å². The Kier molecular flexibility index (Phi) is 5.36. The second-order valence-electron chi connectivity index (χ2n) is 7.00. The molecule has 9 heteroatoms. The molecule has 0 radical (unpaired) electrons. The molecule has 5 nitrogen and oxygen atoms in total. The number of sulfonamides is 1. The van der Waals surface area contributed by atoms with Crippen molar-refractivity contribution in [2.75, 3.05) is 0 Å². The Hall–Kier alpha value is -1.87. The number of hydrogen-bond acceptors (Lipinski definition) is 3. The van der Waals surface area contributed by atoms with Crippen molar-refractivity contribution >= 4 is 10.0 Å². The first-order chi connectivity index (χ1) is 12.6. The molecular formula is C18H22F3N3O2S. The summed E-state index contributed by atoms with van der Waals surface area (Å²) in [4.78, 5) is 0. The highest BCUT2D eigenvalue weighted by molar-refractivity contribution is 7.89. The molecule has 0 amide bonds. The Labute approximate surface area is 156 Å². The highest BCUT2D eigenvalue weighted by Gasteiger charge is 2.39. The number of primary sulfonamides is 1. The second kappa shape index (κ2) is 7.27. The van der Waals surface area contributed by atoms with Crippen LogP contribution in [0.4, 0.5) is 13.2 Å². The van der Waals surface area contributed by atoms with Gasteiger partial charge in [-0.1, -0.05) is 12.1 Å². The third-order valence-electron chi connectivity index (χ3n) is 5.03. The van der Waals surface area contributed by atoms with E-state index in [0.29, 0.717) is 42.6 Å². The molecule has 1 atom stereocenters. The number of benzene rings is 1. The smallest absolute Gasteiger partial charge is 0.237 e. The van der Waals surface area contributed by atoms with E-state index in [0.717, 1.165) is 18.4 Å². The van der Waals surface area contributed by atoms with E-state index in [-0.39, 0.29) is 0 Å². The Morgan fingerprint density at radius 2 is 1.81 bits per heavy atom.